The third kappa shape index (κ3) is 3.14. The van der Waals surface area contributed by atoms with Crippen LogP contribution in [0.15, 0.2) is 77.3 Å². The fourth-order valence-corrected chi connectivity index (χ4v) is 3.63. The molecule has 0 unspecified atom stereocenters. The van der Waals surface area contributed by atoms with Gasteiger partial charge in [0.1, 0.15) is 6.54 Å². The topological polar surface area (TPSA) is 73.0 Å². The molecule has 0 aliphatic carbocycles. The molecule has 0 saturated carbocycles. The summed E-state index contributed by atoms with van der Waals surface area (Å²) in [6.45, 7) is 1.93. The molecule has 29 heavy (non-hydrogen) atoms. The first-order chi connectivity index (χ1) is 14.2. The minimum absolute atomic E-state index is 0.102. The third-order valence-corrected chi connectivity index (χ3v) is 4.92. The van der Waals surface area contributed by atoms with E-state index in [4.69, 9.17) is 4.42 Å². The first-order valence-electron chi connectivity index (χ1n) is 9.35. The maximum absolute atomic E-state index is 12.8. The van der Waals surface area contributed by atoms with Crippen LogP contribution in [-0.2, 0) is 11.3 Å². The largest absolute Gasteiger partial charge is 0.421 e. The van der Waals surface area contributed by atoms with Crippen LogP contribution in [0.4, 0.5) is 5.69 Å². The van der Waals surface area contributed by atoms with Crippen LogP contribution in [0, 0.1) is 6.92 Å². The minimum atomic E-state index is -0.102. The Bertz CT molecular complexity index is 1340. The molecule has 0 saturated heterocycles. The average Bonchev–Trinajstić information content (AvgIpc) is 3.32. The molecule has 3 aromatic carbocycles. The Morgan fingerprint density at radius 3 is 2.55 bits per heavy atom. The number of carbonyl (C=O) groups excluding carboxylic acids is 1. The highest BCUT2D eigenvalue weighted by atomic mass is 16.4. The third-order valence-electron chi connectivity index (χ3n) is 4.92. The molecular formula is C23H18N4O2. The molecule has 0 bridgehead atoms. The van der Waals surface area contributed by atoms with Gasteiger partial charge in [-0.25, -0.2) is 0 Å². The second kappa shape index (κ2) is 6.91. The molecule has 0 aliphatic heterocycles. The summed E-state index contributed by atoms with van der Waals surface area (Å²) in [4.78, 5) is 12.8. The molecular weight excluding hydrogens is 364 g/mol. The Balaban J connectivity index is 1.48. The van der Waals surface area contributed by atoms with E-state index in [1.165, 1.54) is 0 Å². The number of hydrogen-bond donors (Lipinski definition) is 1. The van der Waals surface area contributed by atoms with Crippen LogP contribution in [0.5, 0.6) is 0 Å². The molecule has 6 nitrogen and oxygen atoms in total. The van der Waals surface area contributed by atoms with E-state index in [0.717, 1.165) is 32.9 Å². The second-order valence-corrected chi connectivity index (χ2v) is 6.89. The van der Waals surface area contributed by atoms with Gasteiger partial charge in [-0.1, -0.05) is 54.6 Å². The standard InChI is InChI=1S/C23H18N4O2/c1-15-25-26-23(29-15)19-13-27(21-12-5-4-10-18(19)21)14-22(28)24-20-11-6-8-16-7-2-3-9-17(16)20/h2-13H,14H2,1H3,(H,24,28). The van der Waals surface area contributed by atoms with Crippen molar-refractivity contribution in [3.8, 4) is 11.5 Å². The average molecular weight is 382 g/mol. The highest BCUT2D eigenvalue weighted by Gasteiger charge is 2.16. The molecule has 5 aromatic rings. The van der Waals surface area contributed by atoms with Gasteiger partial charge in [-0.3, -0.25) is 4.79 Å². The summed E-state index contributed by atoms with van der Waals surface area (Å²) < 4.78 is 7.51. The van der Waals surface area contributed by atoms with Crippen LogP contribution in [0.3, 0.4) is 0 Å². The number of anilines is 1. The summed E-state index contributed by atoms with van der Waals surface area (Å²) in [6.07, 6.45) is 1.89. The van der Waals surface area contributed by atoms with Crippen LogP contribution in [0.1, 0.15) is 5.89 Å². The molecule has 0 fully saturated rings. The van der Waals surface area contributed by atoms with E-state index in [1.807, 2.05) is 77.5 Å². The van der Waals surface area contributed by atoms with Crippen molar-refractivity contribution < 1.29 is 9.21 Å². The molecule has 1 N–H and O–H groups in total. The van der Waals surface area contributed by atoms with E-state index in [1.54, 1.807) is 6.92 Å². The van der Waals surface area contributed by atoms with Crippen LogP contribution in [0.25, 0.3) is 33.1 Å². The molecule has 5 rings (SSSR count). The number of amides is 1. The lowest BCUT2D eigenvalue weighted by atomic mass is 10.1. The van der Waals surface area contributed by atoms with E-state index in [9.17, 15) is 4.79 Å². The van der Waals surface area contributed by atoms with Crippen molar-refractivity contribution in [2.75, 3.05) is 5.32 Å². The van der Waals surface area contributed by atoms with Crippen LogP contribution < -0.4 is 5.32 Å². The van der Waals surface area contributed by atoms with Gasteiger partial charge in [0, 0.05) is 35.1 Å². The molecule has 2 aromatic heterocycles. The Labute approximate surface area is 166 Å². The highest BCUT2D eigenvalue weighted by Crippen LogP contribution is 2.30. The first-order valence-corrected chi connectivity index (χ1v) is 9.35. The number of nitrogens with zero attached hydrogens (tertiary/aromatic N) is 3. The fraction of sp³-hybridized carbons (Fsp3) is 0.0870. The van der Waals surface area contributed by atoms with Gasteiger partial charge in [0.05, 0.1) is 5.56 Å². The Morgan fingerprint density at radius 1 is 0.966 bits per heavy atom. The highest BCUT2D eigenvalue weighted by molar-refractivity contribution is 6.02. The lowest BCUT2D eigenvalue weighted by molar-refractivity contribution is -0.116. The maximum atomic E-state index is 12.8. The molecule has 2 heterocycles. The SMILES string of the molecule is Cc1nnc(-c2cn(CC(=O)Nc3cccc4ccccc34)c3ccccc23)o1. The molecule has 0 spiro atoms. The van der Waals surface area contributed by atoms with Crippen molar-refractivity contribution in [3.63, 3.8) is 0 Å². The second-order valence-electron chi connectivity index (χ2n) is 6.89. The number of para-hydroxylation sites is 1. The predicted molar refractivity (Wildman–Crippen MR) is 113 cm³/mol. The summed E-state index contributed by atoms with van der Waals surface area (Å²) in [5.41, 5.74) is 2.56. The van der Waals surface area contributed by atoms with E-state index < -0.39 is 0 Å². The normalized spacial score (nSPS) is 11.2. The van der Waals surface area contributed by atoms with E-state index in [-0.39, 0.29) is 12.5 Å². The zero-order chi connectivity index (χ0) is 19.8. The molecule has 0 atom stereocenters. The van der Waals surface area contributed by atoms with Crippen molar-refractivity contribution in [2.45, 2.75) is 13.5 Å². The van der Waals surface area contributed by atoms with Gasteiger partial charge in [0.25, 0.3) is 0 Å². The predicted octanol–water partition coefficient (Wildman–Crippen LogP) is 4.79. The zero-order valence-corrected chi connectivity index (χ0v) is 15.8. The van der Waals surface area contributed by atoms with Crippen molar-refractivity contribution in [2.24, 2.45) is 0 Å². The Morgan fingerprint density at radius 2 is 1.72 bits per heavy atom. The van der Waals surface area contributed by atoms with Crippen molar-refractivity contribution in [3.05, 3.63) is 78.8 Å². The summed E-state index contributed by atoms with van der Waals surface area (Å²) >= 11 is 0. The summed E-state index contributed by atoms with van der Waals surface area (Å²) in [5.74, 6) is 0.854. The van der Waals surface area contributed by atoms with Crippen LogP contribution in [0.2, 0.25) is 0 Å². The minimum Gasteiger partial charge on any atom is -0.421 e. The van der Waals surface area contributed by atoms with Crippen LogP contribution in [-0.4, -0.2) is 20.7 Å². The number of aromatic nitrogens is 3. The number of nitrogens with one attached hydrogen (secondary N) is 1. The van der Waals surface area contributed by atoms with Crippen LogP contribution >= 0.6 is 0 Å². The molecule has 1 amide bonds. The van der Waals surface area contributed by atoms with Gasteiger partial charge in [0.15, 0.2) is 0 Å². The Hall–Kier alpha value is -3.93. The molecule has 0 radical (unpaired) electrons. The summed E-state index contributed by atoms with van der Waals surface area (Å²) in [7, 11) is 0. The van der Waals surface area contributed by atoms with Crippen molar-refractivity contribution in [1.82, 2.24) is 14.8 Å². The Kier molecular flexibility index (Phi) is 4.09. The lowest BCUT2D eigenvalue weighted by Gasteiger charge is -2.10. The molecule has 142 valence electrons. The number of rotatable bonds is 4. The quantitative estimate of drug-likeness (QED) is 0.485. The van der Waals surface area contributed by atoms with Gasteiger partial charge < -0.3 is 14.3 Å². The lowest BCUT2D eigenvalue weighted by Crippen LogP contribution is -2.18. The number of aryl methyl sites for hydroxylation is 1. The number of benzene rings is 3. The number of hydrogen-bond acceptors (Lipinski definition) is 4. The fourth-order valence-electron chi connectivity index (χ4n) is 3.63. The monoisotopic (exact) mass is 382 g/mol. The van der Waals surface area contributed by atoms with E-state index >= 15 is 0 Å². The molecule has 6 heteroatoms. The summed E-state index contributed by atoms with van der Waals surface area (Å²) in [6, 6.07) is 21.8. The number of carbonyl (C=O) groups is 1. The maximum Gasteiger partial charge on any atom is 0.249 e. The van der Waals surface area contributed by atoms with Crippen molar-refractivity contribution in [1.29, 1.82) is 0 Å². The number of fused-ring (bicyclic) bond motifs is 2. The van der Waals surface area contributed by atoms with Gasteiger partial charge in [0.2, 0.25) is 17.7 Å². The van der Waals surface area contributed by atoms with Crippen molar-refractivity contribution >= 4 is 33.3 Å². The van der Waals surface area contributed by atoms with Gasteiger partial charge in [-0.2, -0.15) is 0 Å². The first kappa shape index (κ1) is 17.2. The smallest absolute Gasteiger partial charge is 0.249 e. The molecule has 0 aliphatic rings. The van der Waals surface area contributed by atoms with E-state index in [2.05, 4.69) is 15.5 Å². The van der Waals surface area contributed by atoms with E-state index in [0.29, 0.717) is 11.8 Å². The zero-order valence-electron chi connectivity index (χ0n) is 15.8. The summed E-state index contributed by atoms with van der Waals surface area (Å²) in [5, 5.41) is 14.2. The van der Waals surface area contributed by atoms with Gasteiger partial charge >= 0.3 is 0 Å². The van der Waals surface area contributed by atoms with Gasteiger partial charge in [-0.15, -0.1) is 10.2 Å². The van der Waals surface area contributed by atoms with Gasteiger partial charge in [-0.05, 0) is 17.5 Å².